The molecule has 0 saturated heterocycles. The Balaban J connectivity index is 2.09. The molecule has 0 N–H and O–H groups in total. The van der Waals surface area contributed by atoms with Gasteiger partial charge in [0.15, 0.2) is 6.29 Å². The summed E-state index contributed by atoms with van der Waals surface area (Å²) in [4.78, 5) is 9.75. The van der Waals surface area contributed by atoms with Crippen LogP contribution in [0.15, 0.2) is 0 Å². The standard InChI is InChI=1S/C7H11O/c1-7(4-5-7)3-2-6-8/h2-5H2,1H3. The zero-order valence-corrected chi connectivity index (χ0v) is 5.24. The molecule has 0 aromatic rings. The Morgan fingerprint density at radius 1 is 1.62 bits per heavy atom. The van der Waals surface area contributed by atoms with Crippen molar-refractivity contribution in [2.75, 3.05) is 0 Å². The summed E-state index contributed by atoms with van der Waals surface area (Å²) in [5.74, 6) is 0. The SMILES string of the molecule is CC1(CC[C]=O)CC1. The lowest BCUT2D eigenvalue weighted by Crippen LogP contribution is -1.91. The molecule has 1 fully saturated rings. The van der Waals surface area contributed by atoms with Gasteiger partial charge < -0.3 is 0 Å². The van der Waals surface area contributed by atoms with Crippen LogP contribution in [-0.4, -0.2) is 6.29 Å². The van der Waals surface area contributed by atoms with Gasteiger partial charge in [-0.2, -0.15) is 0 Å². The summed E-state index contributed by atoms with van der Waals surface area (Å²) in [6.07, 6.45) is 6.23. The molecule has 0 aromatic heterocycles. The zero-order chi connectivity index (χ0) is 6.04. The first kappa shape index (κ1) is 5.80. The van der Waals surface area contributed by atoms with E-state index in [-0.39, 0.29) is 0 Å². The molecule has 1 radical (unpaired) electrons. The summed E-state index contributed by atoms with van der Waals surface area (Å²) in [7, 11) is 0. The summed E-state index contributed by atoms with van der Waals surface area (Å²) in [5, 5.41) is 0. The Bertz CT molecular complexity index is 92.6. The first-order valence-electron chi connectivity index (χ1n) is 3.12. The normalized spacial score (nSPS) is 22.6. The molecule has 1 heteroatoms. The van der Waals surface area contributed by atoms with Gasteiger partial charge >= 0.3 is 0 Å². The number of hydrogen-bond donors (Lipinski definition) is 0. The summed E-state index contributed by atoms with van der Waals surface area (Å²) in [5.41, 5.74) is 0.539. The molecule has 0 amide bonds. The van der Waals surface area contributed by atoms with E-state index in [9.17, 15) is 4.79 Å². The van der Waals surface area contributed by atoms with Gasteiger partial charge in [0.1, 0.15) is 0 Å². The number of hydrogen-bond acceptors (Lipinski definition) is 1. The van der Waals surface area contributed by atoms with Crippen molar-refractivity contribution in [3.8, 4) is 0 Å². The molecule has 0 unspecified atom stereocenters. The molecule has 1 rings (SSSR count). The summed E-state index contributed by atoms with van der Waals surface area (Å²) >= 11 is 0. The molecule has 1 aliphatic rings. The van der Waals surface area contributed by atoms with E-state index in [1.807, 2.05) is 6.29 Å². The maximum atomic E-state index is 9.75. The van der Waals surface area contributed by atoms with Crippen LogP contribution in [0.2, 0.25) is 0 Å². The van der Waals surface area contributed by atoms with E-state index in [0.717, 1.165) is 6.42 Å². The fourth-order valence-corrected chi connectivity index (χ4v) is 0.816. The second kappa shape index (κ2) is 1.88. The van der Waals surface area contributed by atoms with Gasteiger partial charge in [-0.3, -0.25) is 4.79 Å². The third kappa shape index (κ3) is 1.32. The van der Waals surface area contributed by atoms with Crippen LogP contribution >= 0.6 is 0 Å². The maximum Gasteiger partial charge on any atom is 0.198 e. The van der Waals surface area contributed by atoms with Gasteiger partial charge in [-0.1, -0.05) is 6.92 Å². The first-order chi connectivity index (χ1) is 3.77. The van der Waals surface area contributed by atoms with E-state index in [1.165, 1.54) is 12.8 Å². The van der Waals surface area contributed by atoms with Crippen LogP contribution in [0, 0.1) is 5.41 Å². The Kier molecular flexibility index (Phi) is 1.37. The van der Waals surface area contributed by atoms with Crippen LogP contribution in [0.4, 0.5) is 0 Å². The second-order valence-corrected chi connectivity index (χ2v) is 2.95. The Morgan fingerprint density at radius 2 is 2.25 bits per heavy atom. The highest BCUT2D eigenvalue weighted by Gasteiger charge is 2.36. The Morgan fingerprint density at radius 3 is 2.62 bits per heavy atom. The van der Waals surface area contributed by atoms with Crippen LogP contribution < -0.4 is 0 Å². The largest absolute Gasteiger partial charge is 0.291 e. The van der Waals surface area contributed by atoms with Crippen molar-refractivity contribution >= 4 is 6.29 Å². The molecule has 0 heterocycles. The van der Waals surface area contributed by atoms with Gasteiger partial charge in [0.25, 0.3) is 0 Å². The van der Waals surface area contributed by atoms with Gasteiger partial charge in [0.2, 0.25) is 0 Å². The van der Waals surface area contributed by atoms with Crippen molar-refractivity contribution in [1.29, 1.82) is 0 Å². The second-order valence-electron chi connectivity index (χ2n) is 2.95. The number of carbonyl (C=O) groups excluding carboxylic acids is 1. The fourth-order valence-electron chi connectivity index (χ4n) is 0.816. The smallest absolute Gasteiger partial charge is 0.198 e. The Hall–Kier alpha value is -0.330. The van der Waals surface area contributed by atoms with Crippen LogP contribution in [0.3, 0.4) is 0 Å². The van der Waals surface area contributed by atoms with Gasteiger partial charge in [-0.25, -0.2) is 0 Å². The predicted molar refractivity (Wildman–Crippen MR) is 32.3 cm³/mol. The van der Waals surface area contributed by atoms with Gasteiger partial charge in [-0.05, 0) is 24.7 Å². The van der Waals surface area contributed by atoms with Crippen molar-refractivity contribution in [3.05, 3.63) is 0 Å². The molecule has 8 heavy (non-hydrogen) atoms. The van der Waals surface area contributed by atoms with Crippen LogP contribution in [0.1, 0.15) is 32.6 Å². The average Bonchev–Trinajstić information content (AvgIpc) is 2.45. The van der Waals surface area contributed by atoms with Gasteiger partial charge in [0, 0.05) is 6.42 Å². The number of rotatable bonds is 3. The van der Waals surface area contributed by atoms with Crippen molar-refractivity contribution in [1.82, 2.24) is 0 Å². The highest BCUT2D eigenvalue weighted by Crippen LogP contribution is 2.48. The van der Waals surface area contributed by atoms with E-state index >= 15 is 0 Å². The molecular formula is C7H11O. The van der Waals surface area contributed by atoms with Crippen LogP contribution in [-0.2, 0) is 4.79 Å². The maximum absolute atomic E-state index is 9.75. The highest BCUT2D eigenvalue weighted by molar-refractivity contribution is 5.50. The molecule has 0 bridgehead atoms. The molecule has 1 aliphatic carbocycles. The lowest BCUT2D eigenvalue weighted by molar-refractivity contribution is 0.503. The lowest BCUT2D eigenvalue weighted by atomic mass is 10.0. The van der Waals surface area contributed by atoms with Crippen LogP contribution in [0.25, 0.3) is 0 Å². The summed E-state index contributed by atoms with van der Waals surface area (Å²) < 4.78 is 0. The zero-order valence-electron chi connectivity index (χ0n) is 5.24. The van der Waals surface area contributed by atoms with E-state index in [1.54, 1.807) is 0 Å². The molecule has 0 aliphatic heterocycles. The Labute approximate surface area is 50.1 Å². The monoisotopic (exact) mass is 111 g/mol. The van der Waals surface area contributed by atoms with Crippen molar-refractivity contribution < 1.29 is 4.79 Å². The third-order valence-corrected chi connectivity index (χ3v) is 1.93. The van der Waals surface area contributed by atoms with E-state index in [0.29, 0.717) is 11.8 Å². The molecule has 45 valence electrons. The van der Waals surface area contributed by atoms with Gasteiger partial charge in [0.05, 0.1) is 0 Å². The minimum absolute atomic E-state index is 0.539. The summed E-state index contributed by atoms with van der Waals surface area (Å²) in [6.45, 7) is 2.23. The third-order valence-electron chi connectivity index (χ3n) is 1.93. The minimum Gasteiger partial charge on any atom is -0.291 e. The highest BCUT2D eigenvalue weighted by atomic mass is 16.1. The quantitative estimate of drug-likeness (QED) is 0.541. The molecule has 0 spiro atoms. The minimum atomic E-state index is 0.539. The van der Waals surface area contributed by atoms with E-state index < -0.39 is 0 Å². The average molecular weight is 111 g/mol. The van der Waals surface area contributed by atoms with Gasteiger partial charge in [-0.15, -0.1) is 0 Å². The molecule has 0 aromatic carbocycles. The topological polar surface area (TPSA) is 17.1 Å². The summed E-state index contributed by atoms with van der Waals surface area (Å²) in [6, 6.07) is 0. The lowest BCUT2D eigenvalue weighted by Gasteiger charge is -2.00. The predicted octanol–water partition coefficient (Wildman–Crippen LogP) is 1.68. The first-order valence-corrected chi connectivity index (χ1v) is 3.12. The molecular weight excluding hydrogens is 100 g/mol. The molecule has 0 atom stereocenters. The molecule has 1 saturated carbocycles. The van der Waals surface area contributed by atoms with E-state index in [4.69, 9.17) is 0 Å². The molecule has 1 nitrogen and oxygen atoms in total. The van der Waals surface area contributed by atoms with Crippen molar-refractivity contribution in [3.63, 3.8) is 0 Å². The van der Waals surface area contributed by atoms with Crippen molar-refractivity contribution in [2.45, 2.75) is 32.6 Å². The van der Waals surface area contributed by atoms with Crippen molar-refractivity contribution in [2.24, 2.45) is 5.41 Å². The van der Waals surface area contributed by atoms with E-state index in [2.05, 4.69) is 6.92 Å². The van der Waals surface area contributed by atoms with Crippen LogP contribution in [0.5, 0.6) is 0 Å². The fraction of sp³-hybridized carbons (Fsp3) is 0.857.